The molecule has 0 amide bonds. The van der Waals surface area contributed by atoms with E-state index in [2.05, 4.69) is 5.32 Å². The number of unbranched alkanes of at least 4 members (excludes halogenated alkanes) is 1. The van der Waals surface area contributed by atoms with Crippen LogP contribution in [0.3, 0.4) is 0 Å². The third-order valence-electron chi connectivity index (χ3n) is 5.53. The van der Waals surface area contributed by atoms with Crippen LogP contribution < -0.4 is 5.32 Å². The van der Waals surface area contributed by atoms with E-state index in [1.165, 1.54) is 0 Å². The van der Waals surface area contributed by atoms with E-state index in [0.29, 0.717) is 78.8 Å². The molecule has 0 spiro atoms. The van der Waals surface area contributed by atoms with Crippen LogP contribution in [0.2, 0.25) is 0 Å². The lowest BCUT2D eigenvalue weighted by Gasteiger charge is -2.26. The summed E-state index contributed by atoms with van der Waals surface area (Å²) in [7, 11) is 3.21. The Hall–Kier alpha value is -1.91. The monoisotopic (exact) mass is 568 g/mol. The van der Waals surface area contributed by atoms with E-state index in [4.69, 9.17) is 38.6 Å². The molecular weight excluding hydrogens is 520 g/mol. The summed E-state index contributed by atoms with van der Waals surface area (Å²) in [5, 5.41) is 30.7. The zero-order chi connectivity index (χ0) is 29.3. The minimum Gasteiger partial charge on any atom is -0.480 e. The maximum absolute atomic E-state index is 11.6. The lowest BCUT2D eigenvalue weighted by Crippen LogP contribution is -2.46. The number of hydrogen-bond acceptors (Lipinski definition) is 11. The summed E-state index contributed by atoms with van der Waals surface area (Å²) >= 11 is 0. The van der Waals surface area contributed by atoms with Gasteiger partial charge in [0.2, 0.25) is 0 Å². The molecule has 14 nitrogen and oxygen atoms in total. The number of ether oxygens (including phenoxy) is 6. The van der Waals surface area contributed by atoms with Crippen molar-refractivity contribution in [3.05, 3.63) is 0 Å². The smallest absolute Gasteiger partial charge is 0.320 e. The van der Waals surface area contributed by atoms with Gasteiger partial charge in [0.1, 0.15) is 6.04 Å². The normalized spacial score (nSPS) is 13.8. The first-order chi connectivity index (χ1) is 18.7. The lowest BCUT2D eigenvalue weighted by atomic mass is 10.1. The summed E-state index contributed by atoms with van der Waals surface area (Å²) < 4.78 is 32.7. The largest absolute Gasteiger partial charge is 0.480 e. The molecule has 4 N–H and O–H groups in total. The van der Waals surface area contributed by atoms with Gasteiger partial charge in [-0.3, -0.25) is 19.3 Å². The third kappa shape index (κ3) is 21.6. The van der Waals surface area contributed by atoms with Gasteiger partial charge >= 0.3 is 17.9 Å². The highest BCUT2D eigenvalue weighted by Gasteiger charge is 2.28. The van der Waals surface area contributed by atoms with Crippen molar-refractivity contribution in [1.29, 1.82) is 0 Å². The minimum absolute atomic E-state index is 0.116. The average Bonchev–Trinajstić information content (AvgIpc) is 2.87. The Morgan fingerprint density at radius 2 is 1.36 bits per heavy atom. The second-order valence-electron chi connectivity index (χ2n) is 8.78. The van der Waals surface area contributed by atoms with Gasteiger partial charge in [-0.2, -0.15) is 0 Å². The van der Waals surface area contributed by atoms with E-state index in [1.54, 1.807) is 14.2 Å². The van der Waals surface area contributed by atoms with Gasteiger partial charge in [0.25, 0.3) is 0 Å². The molecule has 230 valence electrons. The minimum atomic E-state index is -1.28. The Morgan fingerprint density at radius 3 is 1.87 bits per heavy atom. The summed E-state index contributed by atoms with van der Waals surface area (Å²) in [6, 6.07) is -1.19. The summed E-state index contributed by atoms with van der Waals surface area (Å²) in [6.07, 6.45) is 1.66. The van der Waals surface area contributed by atoms with Crippen LogP contribution in [0, 0.1) is 0 Å². The Morgan fingerprint density at radius 1 is 0.769 bits per heavy atom. The molecule has 3 unspecified atom stereocenters. The maximum atomic E-state index is 11.6. The molecule has 0 aliphatic carbocycles. The van der Waals surface area contributed by atoms with E-state index in [9.17, 15) is 19.5 Å². The maximum Gasteiger partial charge on any atom is 0.320 e. The van der Waals surface area contributed by atoms with E-state index < -0.39 is 37.0 Å². The predicted octanol–water partition coefficient (Wildman–Crippen LogP) is 0.177. The standard InChI is InChI=1S/C25H48N2O12/c1-4-20(19-38-14-13-37-12-11-36-10-9-34-2)39-21(18-35-3)15-26-8-6-5-7-22(25(32)33)27(16-23(28)29)17-24(30)31/h20-22,26H,4-19H2,1-3H3,(H,28,29)(H,30,31)(H,32,33). The molecule has 0 rings (SSSR count). The van der Waals surface area contributed by atoms with Crippen molar-refractivity contribution in [3.63, 3.8) is 0 Å². The van der Waals surface area contributed by atoms with Crippen LogP contribution in [0.4, 0.5) is 0 Å². The number of hydrogen-bond donors (Lipinski definition) is 4. The molecule has 0 bridgehead atoms. The zero-order valence-electron chi connectivity index (χ0n) is 23.5. The summed E-state index contributed by atoms with van der Waals surface area (Å²) in [6.45, 7) is 5.59. The Bertz CT molecular complexity index is 624. The zero-order valence-corrected chi connectivity index (χ0v) is 23.5. The number of carbonyl (C=O) groups is 3. The molecule has 0 aromatic rings. The van der Waals surface area contributed by atoms with Crippen molar-refractivity contribution in [2.45, 2.75) is 50.9 Å². The first-order valence-corrected chi connectivity index (χ1v) is 13.2. The molecule has 0 heterocycles. The van der Waals surface area contributed by atoms with Gasteiger partial charge in [-0.05, 0) is 25.8 Å². The Kier molecular flexibility index (Phi) is 23.9. The number of rotatable bonds is 29. The average molecular weight is 569 g/mol. The van der Waals surface area contributed by atoms with Gasteiger partial charge in [0.15, 0.2) is 0 Å². The van der Waals surface area contributed by atoms with E-state index in [0.717, 1.165) is 11.3 Å². The predicted molar refractivity (Wildman–Crippen MR) is 140 cm³/mol. The summed E-state index contributed by atoms with van der Waals surface area (Å²) in [5.41, 5.74) is 0. The molecule has 0 aliphatic rings. The van der Waals surface area contributed by atoms with E-state index in [1.807, 2.05) is 6.92 Å². The molecule has 0 saturated carbocycles. The van der Waals surface area contributed by atoms with Crippen LogP contribution in [0.25, 0.3) is 0 Å². The van der Waals surface area contributed by atoms with Crippen LogP contribution >= 0.6 is 0 Å². The van der Waals surface area contributed by atoms with E-state index in [-0.39, 0.29) is 18.6 Å². The Balaban J connectivity index is 4.28. The Labute approximate surface area is 230 Å². The fourth-order valence-corrected chi connectivity index (χ4v) is 3.59. The first-order valence-electron chi connectivity index (χ1n) is 13.2. The molecule has 3 atom stereocenters. The number of carboxylic acids is 3. The molecule has 0 saturated heterocycles. The number of carboxylic acid groups (broad SMARTS) is 3. The molecule has 0 aromatic heterocycles. The molecule has 0 fully saturated rings. The first kappa shape index (κ1) is 37.1. The van der Waals surface area contributed by atoms with Crippen molar-refractivity contribution in [1.82, 2.24) is 10.2 Å². The second-order valence-corrected chi connectivity index (χ2v) is 8.78. The molecule has 0 radical (unpaired) electrons. The van der Waals surface area contributed by atoms with Crippen LogP contribution in [0.5, 0.6) is 0 Å². The number of methoxy groups -OCH3 is 2. The number of aliphatic carboxylic acids is 3. The third-order valence-corrected chi connectivity index (χ3v) is 5.53. The van der Waals surface area contributed by atoms with Crippen molar-refractivity contribution >= 4 is 17.9 Å². The van der Waals surface area contributed by atoms with Crippen molar-refractivity contribution < 1.29 is 58.1 Å². The molecular formula is C25H48N2O12. The van der Waals surface area contributed by atoms with Gasteiger partial charge in [-0.25, -0.2) is 0 Å². The van der Waals surface area contributed by atoms with Crippen molar-refractivity contribution in [2.75, 3.05) is 93.3 Å². The molecule has 14 heteroatoms. The highest BCUT2D eigenvalue weighted by Crippen LogP contribution is 2.10. The number of nitrogens with zero attached hydrogens (tertiary/aromatic N) is 1. The highest BCUT2D eigenvalue weighted by atomic mass is 16.6. The quantitative estimate of drug-likeness (QED) is 0.0896. The van der Waals surface area contributed by atoms with Crippen LogP contribution in [0.15, 0.2) is 0 Å². The van der Waals surface area contributed by atoms with E-state index >= 15 is 0 Å². The van der Waals surface area contributed by atoms with Gasteiger partial charge in [0, 0.05) is 20.8 Å². The SMILES string of the molecule is CCC(COCCOCCOCCOC)OC(CNCCCCC(C(=O)O)N(CC(=O)O)CC(=O)O)COC. The van der Waals surface area contributed by atoms with Crippen molar-refractivity contribution in [3.8, 4) is 0 Å². The van der Waals surface area contributed by atoms with Crippen LogP contribution in [-0.2, 0) is 42.8 Å². The fourth-order valence-electron chi connectivity index (χ4n) is 3.59. The molecule has 0 aromatic carbocycles. The van der Waals surface area contributed by atoms with Gasteiger partial charge in [0.05, 0.1) is 78.2 Å². The molecule has 0 aliphatic heterocycles. The second kappa shape index (κ2) is 25.1. The van der Waals surface area contributed by atoms with Gasteiger partial charge < -0.3 is 49.1 Å². The van der Waals surface area contributed by atoms with Gasteiger partial charge in [-0.1, -0.05) is 13.3 Å². The highest BCUT2D eigenvalue weighted by molar-refractivity contribution is 5.78. The number of nitrogens with one attached hydrogen (secondary N) is 1. The van der Waals surface area contributed by atoms with Gasteiger partial charge in [-0.15, -0.1) is 0 Å². The summed E-state index contributed by atoms with van der Waals surface area (Å²) in [4.78, 5) is 34.6. The lowest BCUT2D eigenvalue weighted by molar-refractivity contribution is -0.149. The summed E-state index contributed by atoms with van der Waals surface area (Å²) in [5.74, 6) is -3.81. The van der Waals surface area contributed by atoms with Crippen LogP contribution in [0.1, 0.15) is 32.6 Å². The topological polar surface area (TPSA) is 183 Å². The molecule has 39 heavy (non-hydrogen) atoms. The van der Waals surface area contributed by atoms with Crippen LogP contribution in [-0.4, -0.2) is 150 Å². The fraction of sp³-hybridized carbons (Fsp3) is 0.880. The van der Waals surface area contributed by atoms with Crippen molar-refractivity contribution in [2.24, 2.45) is 0 Å².